The largest absolute Gasteiger partial charge is 0.486 e. The predicted molar refractivity (Wildman–Crippen MR) is 75.5 cm³/mol. The van der Waals surface area contributed by atoms with Crippen molar-refractivity contribution in [3.8, 4) is 11.5 Å². The Bertz CT molecular complexity index is 475. The zero-order valence-corrected chi connectivity index (χ0v) is 12.0. The third-order valence-corrected chi connectivity index (χ3v) is 3.57. The van der Waals surface area contributed by atoms with Crippen LogP contribution in [0.5, 0.6) is 11.5 Å². The van der Waals surface area contributed by atoms with Crippen molar-refractivity contribution in [1.29, 1.82) is 0 Å². The third-order valence-electron chi connectivity index (χ3n) is 3.57. The molecule has 0 bridgehead atoms. The summed E-state index contributed by atoms with van der Waals surface area (Å²) in [6.07, 6.45) is 1.02. The standard InChI is InChI=1S/C15H21NO4/c1-11(16(2)6-5-15(17)18)9-12-3-4-13-14(10-12)20-8-7-19-13/h3-4,10-11H,5-9H2,1-2H3,(H,17,18). The van der Waals surface area contributed by atoms with Gasteiger partial charge in [-0.25, -0.2) is 0 Å². The molecule has 0 saturated carbocycles. The first-order valence-corrected chi connectivity index (χ1v) is 6.87. The topological polar surface area (TPSA) is 59.0 Å². The molecule has 1 aliphatic rings. The van der Waals surface area contributed by atoms with Crippen LogP contribution in [0.3, 0.4) is 0 Å². The summed E-state index contributed by atoms with van der Waals surface area (Å²) in [4.78, 5) is 12.6. The van der Waals surface area contributed by atoms with Gasteiger partial charge in [0.1, 0.15) is 13.2 Å². The molecule has 0 fully saturated rings. The maximum Gasteiger partial charge on any atom is 0.304 e. The Morgan fingerprint density at radius 1 is 1.35 bits per heavy atom. The fourth-order valence-corrected chi connectivity index (χ4v) is 2.20. The van der Waals surface area contributed by atoms with Gasteiger partial charge in [0.2, 0.25) is 0 Å². The molecule has 1 aromatic carbocycles. The van der Waals surface area contributed by atoms with E-state index in [0.717, 1.165) is 17.9 Å². The molecule has 1 atom stereocenters. The molecule has 2 rings (SSSR count). The summed E-state index contributed by atoms with van der Waals surface area (Å²) in [5.41, 5.74) is 1.17. The highest BCUT2D eigenvalue weighted by Gasteiger charge is 2.15. The van der Waals surface area contributed by atoms with Gasteiger partial charge in [-0.15, -0.1) is 0 Å². The molecular formula is C15H21NO4. The molecule has 0 aromatic heterocycles. The van der Waals surface area contributed by atoms with Crippen LogP contribution in [-0.4, -0.2) is 48.8 Å². The van der Waals surface area contributed by atoms with Crippen LogP contribution in [0, 0.1) is 0 Å². The van der Waals surface area contributed by atoms with Crippen molar-refractivity contribution < 1.29 is 19.4 Å². The minimum Gasteiger partial charge on any atom is -0.486 e. The fourth-order valence-electron chi connectivity index (χ4n) is 2.20. The number of hydrogen-bond acceptors (Lipinski definition) is 4. The lowest BCUT2D eigenvalue weighted by Crippen LogP contribution is -2.32. The number of rotatable bonds is 6. The number of aliphatic carboxylic acids is 1. The summed E-state index contributed by atoms with van der Waals surface area (Å²) in [6.45, 7) is 3.84. The molecule has 1 aliphatic heterocycles. The number of ether oxygens (including phenoxy) is 2. The van der Waals surface area contributed by atoms with Crippen molar-refractivity contribution in [3.05, 3.63) is 23.8 Å². The van der Waals surface area contributed by atoms with Gasteiger partial charge < -0.3 is 19.5 Å². The lowest BCUT2D eigenvalue weighted by molar-refractivity contribution is -0.137. The second kappa shape index (κ2) is 6.61. The van der Waals surface area contributed by atoms with Gasteiger partial charge >= 0.3 is 5.97 Å². The first-order chi connectivity index (χ1) is 9.56. The second-order valence-corrected chi connectivity index (χ2v) is 5.16. The van der Waals surface area contributed by atoms with Crippen LogP contribution >= 0.6 is 0 Å². The van der Waals surface area contributed by atoms with Crippen LogP contribution in [-0.2, 0) is 11.2 Å². The van der Waals surface area contributed by atoms with E-state index >= 15 is 0 Å². The van der Waals surface area contributed by atoms with Gasteiger partial charge in [-0.3, -0.25) is 4.79 Å². The number of carboxylic acids is 1. The van der Waals surface area contributed by atoms with Gasteiger partial charge in [0.15, 0.2) is 11.5 Å². The molecule has 5 nitrogen and oxygen atoms in total. The van der Waals surface area contributed by atoms with E-state index in [1.54, 1.807) is 0 Å². The SMILES string of the molecule is CC(Cc1ccc2c(c1)OCCO2)N(C)CCC(=O)O. The van der Waals surface area contributed by atoms with E-state index in [9.17, 15) is 4.79 Å². The molecule has 1 aromatic rings. The molecular weight excluding hydrogens is 258 g/mol. The fraction of sp³-hybridized carbons (Fsp3) is 0.533. The Kier molecular flexibility index (Phi) is 4.84. The summed E-state index contributed by atoms with van der Waals surface area (Å²) in [5, 5.41) is 8.71. The van der Waals surface area contributed by atoms with Gasteiger partial charge in [-0.1, -0.05) is 6.07 Å². The van der Waals surface area contributed by atoms with E-state index in [0.29, 0.717) is 19.8 Å². The average molecular weight is 279 g/mol. The van der Waals surface area contributed by atoms with Crippen molar-refractivity contribution in [3.63, 3.8) is 0 Å². The number of benzene rings is 1. The monoisotopic (exact) mass is 279 g/mol. The third kappa shape index (κ3) is 3.87. The maximum atomic E-state index is 10.6. The van der Waals surface area contributed by atoms with Crippen molar-refractivity contribution in [2.45, 2.75) is 25.8 Å². The van der Waals surface area contributed by atoms with Gasteiger partial charge in [0.05, 0.1) is 6.42 Å². The normalized spacial score (nSPS) is 15.2. The molecule has 0 saturated heterocycles. The Hall–Kier alpha value is -1.75. The minimum atomic E-state index is -0.761. The molecule has 1 N–H and O–H groups in total. The van der Waals surface area contributed by atoms with E-state index in [2.05, 4.69) is 11.8 Å². The molecule has 0 spiro atoms. The van der Waals surface area contributed by atoms with Crippen molar-refractivity contribution in [2.75, 3.05) is 26.8 Å². The van der Waals surface area contributed by atoms with E-state index in [1.807, 2.05) is 25.2 Å². The molecule has 110 valence electrons. The molecule has 1 unspecified atom stereocenters. The Morgan fingerprint density at radius 3 is 2.75 bits per heavy atom. The minimum absolute atomic E-state index is 0.169. The number of carboxylic acid groups (broad SMARTS) is 1. The zero-order valence-electron chi connectivity index (χ0n) is 12.0. The predicted octanol–water partition coefficient (Wildman–Crippen LogP) is 1.80. The van der Waals surface area contributed by atoms with E-state index < -0.39 is 5.97 Å². The summed E-state index contributed by atoms with van der Waals surface area (Å²) in [5.74, 6) is 0.837. The van der Waals surface area contributed by atoms with Crippen LogP contribution in [0.2, 0.25) is 0 Å². The number of hydrogen-bond donors (Lipinski definition) is 1. The Balaban J connectivity index is 1.93. The lowest BCUT2D eigenvalue weighted by atomic mass is 10.1. The molecule has 0 radical (unpaired) electrons. The van der Waals surface area contributed by atoms with Crippen LogP contribution < -0.4 is 9.47 Å². The Morgan fingerprint density at radius 2 is 2.05 bits per heavy atom. The van der Waals surface area contributed by atoms with E-state index in [-0.39, 0.29) is 12.5 Å². The quantitative estimate of drug-likeness (QED) is 0.860. The summed E-state index contributed by atoms with van der Waals surface area (Å²) in [7, 11) is 1.95. The van der Waals surface area contributed by atoms with Gasteiger partial charge in [-0.2, -0.15) is 0 Å². The van der Waals surface area contributed by atoms with Gasteiger partial charge in [0.25, 0.3) is 0 Å². The number of nitrogens with zero attached hydrogens (tertiary/aromatic N) is 1. The second-order valence-electron chi connectivity index (χ2n) is 5.16. The number of fused-ring (bicyclic) bond motifs is 1. The number of carbonyl (C=O) groups is 1. The first kappa shape index (κ1) is 14.7. The molecule has 1 heterocycles. The summed E-state index contributed by atoms with van der Waals surface area (Å²) < 4.78 is 11.1. The zero-order chi connectivity index (χ0) is 14.5. The Labute approximate surface area is 119 Å². The van der Waals surface area contributed by atoms with Crippen LogP contribution in [0.15, 0.2) is 18.2 Å². The van der Waals surface area contributed by atoms with Crippen LogP contribution in [0.4, 0.5) is 0 Å². The molecule has 0 aliphatic carbocycles. The molecule has 0 amide bonds. The van der Waals surface area contributed by atoms with Crippen molar-refractivity contribution in [2.24, 2.45) is 0 Å². The summed E-state index contributed by atoms with van der Waals surface area (Å²) >= 11 is 0. The van der Waals surface area contributed by atoms with Crippen LogP contribution in [0.25, 0.3) is 0 Å². The highest BCUT2D eigenvalue weighted by Crippen LogP contribution is 2.31. The first-order valence-electron chi connectivity index (χ1n) is 6.87. The summed E-state index contributed by atoms with van der Waals surface area (Å²) in [6, 6.07) is 6.26. The maximum absolute atomic E-state index is 10.6. The number of likely N-dealkylation sites (N-methyl/N-ethyl adjacent to an activating group) is 1. The lowest BCUT2D eigenvalue weighted by Gasteiger charge is -2.25. The van der Waals surface area contributed by atoms with Gasteiger partial charge in [-0.05, 0) is 38.1 Å². The van der Waals surface area contributed by atoms with Gasteiger partial charge in [0, 0.05) is 12.6 Å². The molecule has 5 heteroatoms. The van der Waals surface area contributed by atoms with E-state index in [4.69, 9.17) is 14.6 Å². The van der Waals surface area contributed by atoms with E-state index in [1.165, 1.54) is 5.56 Å². The smallest absolute Gasteiger partial charge is 0.304 e. The van der Waals surface area contributed by atoms with Crippen molar-refractivity contribution in [1.82, 2.24) is 4.90 Å². The van der Waals surface area contributed by atoms with Crippen LogP contribution in [0.1, 0.15) is 18.9 Å². The highest BCUT2D eigenvalue weighted by atomic mass is 16.6. The molecule has 20 heavy (non-hydrogen) atoms. The average Bonchev–Trinajstić information content (AvgIpc) is 2.44. The highest BCUT2D eigenvalue weighted by molar-refractivity contribution is 5.66. The van der Waals surface area contributed by atoms with Crippen molar-refractivity contribution >= 4 is 5.97 Å².